The van der Waals surface area contributed by atoms with Gasteiger partial charge in [0.25, 0.3) is 0 Å². The highest BCUT2D eigenvalue weighted by molar-refractivity contribution is 5.38. The van der Waals surface area contributed by atoms with Crippen molar-refractivity contribution in [2.24, 2.45) is 11.1 Å². The van der Waals surface area contributed by atoms with E-state index in [2.05, 4.69) is 32.0 Å². The lowest BCUT2D eigenvalue weighted by molar-refractivity contribution is 0.0343. The Morgan fingerprint density at radius 3 is 2.16 bits per heavy atom. The predicted molar refractivity (Wildman–Crippen MR) is 81.4 cm³/mol. The van der Waals surface area contributed by atoms with E-state index in [1.54, 1.807) is 5.56 Å². The summed E-state index contributed by atoms with van der Waals surface area (Å²) in [4.78, 5) is 0. The van der Waals surface area contributed by atoms with Gasteiger partial charge in [0.2, 0.25) is 0 Å². The summed E-state index contributed by atoms with van der Waals surface area (Å²) in [6, 6.07) is 7.07. The van der Waals surface area contributed by atoms with Gasteiger partial charge in [-0.25, -0.2) is 0 Å². The number of hydrogen-bond acceptors (Lipinski definition) is 1. The van der Waals surface area contributed by atoms with E-state index in [1.807, 2.05) is 0 Å². The lowest BCUT2D eigenvalue weighted by atomic mass is 9.50. The molecule has 1 aromatic carbocycles. The molecular formula is C18H27N. The normalized spacial score (nSPS) is 33.6. The van der Waals surface area contributed by atoms with Crippen molar-refractivity contribution >= 4 is 0 Å². The van der Waals surface area contributed by atoms with Crippen molar-refractivity contribution < 1.29 is 0 Å². The van der Waals surface area contributed by atoms with Gasteiger partial charge in [-0.05, 0) is 87.3 Å². The summed E-state index contributed by atoms with van der Waals surface area (Å²) in [5.74, 6) is 0. The molecule has 1 heteroatoms. The monoisotopic (exact) mass is 257 g/mol. The molecule has 0 atom stereocenters. The minimum atomic E-state index is 0.494. The third-order valence-corrected chi connectivity index (χ3v) is 6.03. The van der Waals surface area contributed by atoms with Crippen LogP contribution in [0, 0.1) is 19.3 Å². The predicted octanol–water partition coefficient (Wildman–Crippen LogP) is 4.24. The second-order valence-electron chi connectivity index (χ2n) is 7.14. The van der Waals surface area contributed by atoms with Gasteiger partial charge in [-0.3, -0.25) is 0 Å². The molecule has 4 rings (SSSR count). The molecule has 3 aliphatic rings. The van der Waals surface area contributed by atoms with Crippen LogP contribution in [0.25, 0.3) is 0 Å². The minimum absolute atomic E-state index is 0.494. The number of fused-ring (bicyclic) bond motifs is 3. The van der Waals surface area contributed by atoms with Crippen LogP contribution in [0.5, 0.6) is 0 Å². The average Bonchev–Trinajstić information content (AvgIpc) is 2.41. The lowest BCUT2D eigenvalue weighted by Gasteiger charge is -2.54. The molecule has 0 spiro atoms. The maximum atomic E-state index is 5.82. The zero-order valence-electron chi connectivity index (χ0n) is 12.5. The topological polar surface area (TPSA) is 26.0 Å². The molecule has 0 unspecified atom stereocenters. The first-order valence-corrected chi connectivity index (χ1v) is 7.87. The van der Waals surface area contributed by atoms with Crippen molar-refractivity contribution in [1.82, 2.24) is 0 Å². The maximum absolute atomic E-state index is 5.82. The molecule has 0 heterocycles. The van der Waals surface area contributed by atoms with Crippen molar-refractivity contribution in [3.05, 3.63) is 34.9 Å². The molecule has 1 aromatic rings. The molecule has 19 heavy (non-hydrogen) atoms. The first-order chi connectivity index (χ1) is 9.09. The molecule has 3 aliphatic carbocycles. The van der Waals surface area contributed by atoms with E-state index in [9.17, 15) is 0 Å². The number of hydrogen-bond donors (Lipinski definition) is 1. The molecule has 3 fully saturated rings. The molecule has 0 aliphatic heterocycles. The summed E-state index contributed by atoms with van der Waals surface area (Å²) >= 11 is 0. The van der Waals surface area contributed by atoms with Crippen molar-refractivity contribution in [3.63, 3.8) is 0 Å². The molecule has 0 saturated heterocycles. The molecule has 3 saturated carbocycles. The van der Waals surface area contributed by atoms with Crippen LogP contribution in [0.15, 0.2) is 18.2 Å². The Bertz CT molecular complexity index is 450. The van der Waals surface area contributed by atoms with Gasteiger partial charge in [0.1, 0.15) is 0 Å². The molecule has 104 valence electrons. The van der Waals surface area contributed by atoms with Crippen LogP contribution in [0.4, 0.5) is 0 Å². The molecular weight excluding hydrogens is 230 g/mol. The summed E-state index contributed by atoms with van der Waals surface area (Å²) < 4.78 is 0. The van der Waals surface area contributed by atoms with Crippen LogP contribution >= 0.6 is 0 Å². The third-order valence-electron chi connectivity index (χ3n) is 6.03. The summed E-state index contributed by atoms with van der Waals surface area (Å²) in [7, 11) is 0. The Morgan fingerprint density at radius 1 is 1.00 bits per heavy atom. The molecule has 1 nitrogen and oxygen atoms in total. The van der Waals surface area contributed by atoms with Gasteiger partial charge < -0.3 is 5.73 Å². The first-order valence-electron chi connectivity index (χ1n) is 7.87. The van der Waals surface area contributed by atoms with Gasteiger partial charge in [0.15, 0.2) is 0 Å². The van der Waals surface area contributed by atoms with Gasteiger partial charge in [-0.1, -0.05) is 23.8 Å². The Morgan fingerprint density at radius 2 is 1.63 bits per heavy atom. The standard InChI is InChI=1S/C18H27N/c1-14-3-4-16(15(2)13-14)18-8-5-17(6-9-18,7-10-18)11-12-19/h3-4,13H,5-12,19H2,1-2H3. The minimum Gasteiger partial charge on any atom is -0.330 e. The van der Waals surface area contributed by atoms with Crippen molar-refractivity contribution in [1.29, 1.82) is 0 Å². The summed E-state index contributed by atoms with van der Waals surface area (Å²) in [5, 5.41) is 0. The third kappa shape index (κ3) is 2.12. The second-order valence-corrected chi connectivity index (χ2v) is 7.14. The second kappa shape index (κ2) is 4.63. The van der Waals surface area contributed by atoms with Gasteiger partial charge in [-0.15, -0.1) is 0 Å². The average molecular weight is 257 g/mol. The van der Waals surface area contributed by atoms with Crippen LogP contribution in [0.1, 0.15) is 61.6 Å². The molecule has 0 radical (unpaired) electrons. The van der Waals surface area contributed by atoms with E-state index in [0.717, 1.165) is 6.54 Å². The van der Waals surface area contributed by atoms with Gasteiger partial charge >= 0.3 is 0 Å². The summed E-state index contributed by atoms with van der Waals surface area (Å²) in [6.07, 6.45) is 9.60. The molecule has 0 aromatic heterocycles. The van der Waals surface area contributed by atoms with Crippen molar-refractivity contribution in [3.8, 4) is 0 Å². The van der Waals surface area contributed by atoms with Crippen molar-refractivity contribution in [2.45, 2.75) is 64.2 Å². The zero-order chi connectivity index (χ0) is 13.5. The van der Waals surface area contributed by atoms with Gasteiger partial charge in [0.05, 0.1) is 0 Å². The zero-order valence-corrected chi connectivity index (χ0v) is 12.5. The first kappa shape index (κ1) is 13.2. The van der Waals surface area contributed by atoms with Crippen LogP contribution in [0.2, 0.25) is 0 Å². The van der Waals surface area contributed by atoms with E-state index in [4.69, 9.17) is 5.73 Å². The van der Waals surface area contributed by atoms with Gasteiger partial charge in [-0.2, -0.15) is 0 Å². The molecule has 2 N–H and O–H groups in total. The smallest absolute Gasteiger partial charge is 0.00437 e. The Labute approximate surface area is 117 Å². The highest BCUT2D eigenvalue weighted by Gasteiger charge is 2.48. The quantitative estimate of drug-likeness (QED) is 0.861. The summed E-state index contributed by atoms with van der Waals surface area (Å²) in [5.41, 5.74) is 11.5. The van der Waals surface area contributed by atoms with E-state index in [0.29, 0.717) is 10.8 Å². The van der Waals surface area contributed by atoms with E-state index in [1.165, 1.54) is 56.1 Å². The Hall–Kier alpha value is -0.820. The van der Waals surface area contributed by atoms with Crippen molar-refractivity contribution in [2.75, 3.05) is 6.54 Å². The lowest BCUT2D eigenvalue weighted by Crippen LogP contribution is -2.45. The van der Waals surface area contributed by atoms with Crippen LogP contribution < -0.4 is 5.73 Å². The SMILES string of the molecule is Cc1ccc(C23CCC(CCN)(CC2)CC3)c(C)c1. The summed E-state index contributed by atoms with van der Waals surface area (Å²) in [6.45, 7) is 5.37. The van der Waals surface area contributed by atoms with Crippen LogP contribution in [-0.2, 0) is 5.41 Å². The number of rotatable bonds is 3. The van der Waals surface area contributed by atoms with Crippen LogP contribution in [-0.4, -0.2) is 6.54 Å². The largest absolute Gasteiger partial charge is 0.330 e. The fourth-order valence-electron chi connectivity index (χ4n) is 4.76. The molecule has 2 bridgehead atoms. The van der Waals surface area contributed by atoms with Crippen LogP contribution in [0.3, 0.4) is 0 Å². The van der Waals surface area contributed by atoms with E-state index < -0.39 is 0 Å². The Balaban J connectivity index is 1.87. The maximum Gasteiger partial charge on any atom is -0.00437 e. The Kier molecular flexibility index (Phi) is 3.21. The highest BCUT2D eigenvalue weighted by atomic mass is 14.6. The van der Waals surface area contributed by atoms with E-state index >= 15 is 0 Å². The number of nitrogens with two attached hydrogens (primary N) is 1. The number of aryl methyl sites for hydroxylation is 2. The fraction of sp³-hybridized carbons (Fsp3) is 0.667. The molecule has 0 amide bonds. The van der Waals surface area contributed by atoms with Gasteiger partial charge in [0, 0.05) is 0 Å². The van der Waals surface area contributed by atoms with E-state index in [-0.39, 0.29) is 0 Å². The number of benzene rings is 1. The highest BCUT2D eigenvalue weighted by Crippen LogP contribution is 2.59. The fourth-order valence-corrected chi connectivity index (χ4v) is 4.76.